The Morgan fingerprint density at radius 2 is 1.78 bits per heavy atom. The highest BCUT2D eigenvalue weighted by atomic mass is 35.5. The number of benzene rings is 3. The zero-order valence-electron chi connectivity index (χ0n) is 17.5. The van der Waals surface area contributed by atoms with Gasteiger partial charge in [-0.05, 0) is 59.7 Å². The van der Waals surface area contributed by atoms with Gasteiger partial charge in [0.2, 0.25) is 10.0 Å². The molecule has 0 aromatic heterocycles. The lowest BCUT2D eigenvalue weighted by Crippen LogP contribution is -2.29. The van der Waals surface area contributed by atoms with E-state index in [1.165, 1.54) is 10.5 Å². The summed E-state index contributed by atoms with van der Waals surface area (Å²) in [5, 5.41) is 4.53. The minimum atomic E-state index is -3.54. The first-order chi connectivity index (χ1) is 15.3. The zero-order valence-corrected chi connectivity index (χ0v) is 19.1. The largest absolute Gasteiger partial charge is 0.497 e. The van der Waals surface area contributed by atoms with Gasteiger partial charge in [0, 0.05) is 10.6 Å². The second kappa shape index (κ2) is 10.3. The van der Waals surface area contributed by atoms with E-state index in [2.05, 4.69) is 10.5 Å². The maximum absolute atomic E-state index is 12.4. The normalized spacial score (nSPS) is 11.3. The van der Waals surface area contributed by atoms with Crippen LogP contribution in [-0.4, -0.2) is 33.9 Å². The minimum Gasteiger partial charge on any atom is -0.497 e. The van der Waals surface area contributed by atoms with Crippen LogP contribution in [0.2, 0.25) is 5.02 Å². The number of nitrogens with zero attached hydrogens (tertiary/aromatic N) is 2. The van der Waals surface area contributed by atoms with Crippen molar-refractivity contribution in [1.82, 2.24) is 5.43 Å². The van der Waals surface area contributed by atoms with E-state index >= 15 is 0 Å². The Morgan fingerprint density at radius 1 is 1.09 bits per heavy atom. The molecular formula is C23H22ClN3O4S. The van der Waals surface area contributed by atoms with Gasteiger partial charge in [-0.25, -0.2) is 13.8 Å². The number of anilines is 1. The van der Waals surface area contributed by atoms with Gasteiger partial charge in [0.15, 0.2) is 0 Å². The van der Waals surface area contributed by atoms with Crippen LogP contribution < -0.4 is 14.5 Å². The number of carbonyl (C=O) groups is 1. The van der Waals surface area contributed by atoms with Crippen LogP contribution in [0.15, 0.2) is 77.9 Å². The highest BCUT2D eigenvalue weighted by molar-refractivity contribution is 7.92. The average Bonchev–Trinajstić information content (AvgIpc) is 2.78. The van der Waals surface area contributed by atoms with E-state index < -0.39 is 15.9 Å². The smallest absolute Gasteiger partial charge is 0.271 e. The first-order valence-electron chi connectivity index (χ1n) is 9.56. The summed E-state index contributed by atoms with van der Waals surface area (Å²) in [6, 6.07) is 20.4. The molecule has 0 radical (unpaired) electrons. The molecule has 166 valence electrons. The molecule has 3 rings (SSSR count). The molecule has 0 aliphatic heterocycles. The molecule has 0 spiro atoms. The molecule has 0 bridgehead atoms. The summed E-state index contributed by atoms with van der Waals surface area (Å²) in [7, 11) is -1.97. The van der Waals surface area contributed by atoms with E-state index in [-0.39, 0.29) is 6.54 Å². The average molecular weight is 472 g/mol. The van der Waals surface area contributed by atoms with Gasteiger partial charge in [0.1, 0.15) is 5.75 Å². The number of halogens is 1. The predicted molar refractivity (Wildman–Crippen MR) is 127 cm³/mol. The molecule has 0 heterocycles. The van der Waals surface area contributed by atoms with E-state index in [0.717, 1.165) is 17.4 Å². The number of methoxy groups -OCH3 is 1. The van der Waals surface area contributed by atoms with Crippen molar-refractivity contribution < 1.29 is 17.9 Å². The summed E-state index contributed by atoms with van der Waals surface area (Å²) in [6.45, 7) is 0.145. The SMILES string of the molecule is COc1cccc(/C=N\NC(=O)c2ccc(N(Cc3ccc(Cl)cc3)S(C)(=O)=O)cc2)c1. The number of rotatable bonds is 8. The van der Waals surface area contributed by atoms with Crippen LogP contribution in [0.1, 0.15) is 21.5 Å². The van der Waals surface area contributed by atoms with Gasteiger partial charge in [-0.2, -0.15) is 5.10 Å². The molecule has 7 nitrogen and oxygen atoms in total. The molecule has 3 aromatic rings. The third kappa shape index (κ3) is 6.32. The Labute approximate surface area is 192 Å². The fourth-order valence-corrected chi connectivity index (χ4v) is 3.90. The monoisotopic (exact) mass is 471 g/mol. The highest BCUT2D eigenvalue weighted by Gasteiger charge is 2.18. The van der Waals surface area contributed by atoms with Crippen molar-refractivity contribution in [2.45, 2.75) is 6.54 Å². The molecule has 0 unspecified atom stereocenters. The standard InChI is InChI=1S/C23H22ClN3O4S/c1-31-22-5-3-4-18(14-22)15-25-26-23(28)19-8-12-21(13-9-19)27(32(2,29)30)16-17-6-10-20(24)11-7-17/h3-15H,16H2,1-2H3,(H,26,28)/b25-15-. The Hall–Kier alpha value is -3.36. The molecule has 0 saturated heterocycles. The summed E-state index contributed by atoms with van der Waals surface area (Å²) < 4.78 is 31.1. The third-order valence-electron chi connectivity index (χ3n) is 4.53. The lowest BCUT2D eigenvalue weighted by atomic mass is 10.2. The Bertz CT molecular complexity index is 1210. The van der Waals surface area contributed by atoms with Crippen molar-refractivity contribution in [3.05, 3.63) is 94.5 Å². The number of hydrazone groups is 1. The molecule has 32 heavy (non-hydrogen) atoms. The highest BCUT2D eigenvalue weighted by Crippen LogP contribution is 2.22. The first kappa shape index (κ1) is 23.3. The van der Waals surface area contributed by atoms with Crippen molar-refractivity contribution in [1.29, 1.82) is 0 Å². The number of sulfonamides is 1. The van der Waals surface area contributed by atoms with Crippen molar-refractivity contribution in [3.63, 3.8) is 0 Å². The lowest BCUT2D eigenvalue weighted by molar-refractivity contribution is 0.0955. The fraction of sp³-hybridized carbons (Fsp3) is 0.130. The molecule has 0 fully saturated rings. The number of amides is 1. The van der Waals surface area contributed by atoms with E-state index in [1.54, 1.807) is 61.7 Å². The second-order valence-electron chi connectivity index (χ2n) is 6.92. The summed E-state index contributed by atoms with van der Waals surface area (Å²) in [5.74, 6) is 0.268. The van der Waals surface area contributed by atoms with Crippen molar-refractivity contribution in [3.8, 4) is 5.75 Å². The Morgan fingerprint density at radius 3 is 2.41 bits per heavy atom. The van der Waals surface area contributed by atoms with Crippen molar-refractivity contribution in [2.75, 3.05) is 17.7 Å². The zero-order chi connectivity index (χ0) is 23.1. The number of hydrogen-bond acceptors (Lipinski definition) is 5. The topological polar surface area (TPSA) is 88.1 Å². The van der Waals surface area contributed by atoms with E-state index in [0.29, 0.717) is 22.0 Å². The summed E-state index contributed by atoms with van der Waals surface area (Å²) in [4.78, 5) is 12.4. The molecule has 0 saturated carbocycles. The fourth-order valence-electron chi connectivity index (χ4n) is 2.89. The second-order valence-corrected chi connectivity index (χ2v) is 9.26. The quantitative estimate of drug-likeness (QED) is 0.396. The molecule has 0 aliphatic carbocycles. The molecule has 3 aromatic carbocycles. The van der Waals surface area contributed by atoms with Crippen LogP contribution >= 0.6 is 11.6 Å². The number of hydrogen-bond donors (Lipinski definition) is 1. The van der Waals surface area contributed by atoms with E-state index in [1.807, 2.05) is 18.2 Å². The van der Waals surface area contributed by atoms with Gasteiger partial charge in [-0.1, -0.05) is 35.9 Å². The van der Waals surface area contributed by atoms with Gasteiger partial charge < -0.3 is 4.74 Å². The maximum Gasteiger partial charge on any atom is 0.271 e. The first-order valence-corrected chi connectivity index (χ1v) is 11.8. The maximum atomic E-state index is 12.4. The number of nitrogens with one attached hydrogen (secondary N) is 1. The number of carbonyl (C=O) groups excluding carboxylic acids is 1. The summed E-state index contributed by atoms with van der Waals surface area (Å²) >= 11 is 5.90. The van der Waals surface area contributed by atoms with Crippen LogP contribution in [0.5, 0.6) is 5.75 Å². The van der Waals surface area contributed by atoms with Gasteiger partial charge in [0.25, 0.3) is 5.91 Å². The minimum absolute atomic E-state index is 0.145. The van der Waals surface area contributed by atoms with Crippen LogP contribution in [0.3, 0.4) is 0 Å². The summed E-state index contributed by atoms with van der Waals surface area (Å²) in [5.41, 5.74) is 4.80. The Kier molecular flexibility index (Phi) is 7.50. The molecule has 0 aliphatic rings. The van der Waals surface area contributed by atoms with Crippen molar-refractivity contribution >= 4 is 39.4 Å². The molecule has 9 heteroatoms. The molecular weight excluding hydrogens is 450 g/mol. The third-order valence-corrected chi connectivity index (χ3v) is 5.92. The number of ether oxygens (including phenoxy) is 1. The van der Waals surface area contributed by atoms with E-state index in [9.17, 15) is 13.2 Å². The summed E-state index contributed by atoms with van der Waals surface area (Å²) in [6.07, 6.45) is 2.64. The molecule has 1 N–H and O–H groups in total. The van der Waals surface area contributed by atoms with Gasteiger partial charge in [-0.15, -0.1) is 0 Å². The Balaban J connectivity index is 1.70. The van der Waals surface area contributed by atoms with Gasteiger partial charge in [0.05, 0.1) is 31.8 Å². The van der Waals surface area contributed by atoms with Crippen LogP contribution in [0.4, 0.5) is 5.69 Å². The van der Waals surface area contributed by atoms with Crippen LogP contribution in [0, 0.1) is 0 Å². The van der Waals surface area contributed by atoms with E-state index in [4.69, 9.17) is 16.3 Å². The lowest BCUT2D eigenvalue weighted by Gasteiger charge is -2.22. The van der Waals surface area contributed by atoms with Gasteiger partial charge in [-0.3, -0.25) is 9.10 Å². The molecule has 1 amide bonds. The van der Waals surface area contributed by atoms with Crippen molar-refractivity contribution in [2.24, 2.45) is 5.10 Å². The van der Waals surface area contributed by atoms with Crippen LogP contribution in [-0.2, 0) is 16.6 Å². The van der Waals surface area contributed by atoms with Crippen LogP contribution in [0.25, 0.3) is 0 Å². The predicted octanol–water partition coefficient (Wildman–Crippen LogP) is 4.08. The van der Waals surface area contributed by atoms with Gasteiger partial charge >= 0.3 is 0 Å². The molecule has 0 atom stereocenters.